The Balaban J connectivity index is 1.60. The number of likely N-dealkylation sites (tertiary alicyclic amines) is 1. The standard InChI is InChI=1S/C26H35NO3/c1-5-6-9-24(3,29)18-15-25-11-10-23(18,2)22-26(25)12-13-27(4)19(25)14-16-7-8-17(28)21(30-22)20(16)26/h7-8,10-11,18-19,22,28-29H,5-6,9,12-15H2,1-4H3/t18?,19-,22+,23+,24+,25-,26+/m1/s1. The summed E-state index contributed by atoms with van der Waals surface area (Å²) < 4.78 is 6.78. The average molecular weight is 410 g/mol. The Hall–Kier alpha value is -1.52. The fourth-order valence-corrected chi connectivity index (χ4v) is 8.63. The molecule has 1 unspecified atom stereocenters. The number of phenols is 1. The van der Waals surface area contributed by atoms with Gasteiger partial charge in [0, 0.05) is 33.8 Å². The number of aliphatic hydroxyl groups is 1. The van der Waals surface area contributed by atoms with E-state index < -0.39 is 5.60 Å². The Morgan fingerprint density at radius 1 is 1.30 bits per heavy atom. The van der Waals surface area contributed by atoms with E-state index in [9.17, 15) is 10.2 Å². The van der Waals surface area contributed by atoms with Gasteiger partial charge in [-0.05, 0) is 57.8 Å². The quantitative estimate of drug-likeness (QED) is 0.733. The maximum atomic E-state index is 11.7. The number of aromatic hydroxyl groups is 1. The Kier molecular flexibility index (Phi) is 3.60. The molecule has 4 heteroatoms. The van der Waals surface area contributed by atoms with Crippen LogP contribution < -0.4 is 4.74 Å². The molecule has 2 N–H and O–H groups in total. The summed E-state index contributed by atoms with van der Waals surface area (Å²) in [5, 5.41) is 22.5. The first-order valence-corrected chi connectivity index (χ1v) is 11.9. The Morgan fingerprint density at radius 2 is 2.10 bits per heavy atom. The molecular formula is C26H35NO3. The zero-order chi connectivity index (χ0) is 21.1. The molecule has 4 aliphatic carbocycles. The molecule has 2 fully saturated rings. The molecule has 0 radical (unpaired) electrons. The first-order valence-electron chi connectivity index (χ1n) is 11.9. The van der Waals surface area contributed by atoms with Gasteiger partial charge >= 0.3 is 0 Å². The van der Waals surface area contributed by atoms with Crippen molar-refractivity contribution in [3.05, 3.63) is 35.4 Å². The third kappa shape index (κ3) is 1.89. The van der Waals surface area contributed by atoms with Gasteiger partial charge in [0.05, 0.1) is 5.60 Å². The van der Waals surface area contributed by atoms with Gasteiger partial charge < -0.3 is 19.8 Å². The van der Waals surface area contributed by atoms with E-state index in [0.717, 1.165) is 50.8 Å². The second kappa shape index (κ2) is 5.63. The Labute approximate surface area is 179 Å². The third-order valence-corrected chi connectivity index (χ3v) is 9.97. The van der Waals surface area contributed by atoms with Crippen molar-refractivity contribution in [2.24, 2.45) is 16.7 Å². The maximum Gasteiger partial charge on any atom is 0.165 e. The molecule has 30 heavy (non-hydrogen) atoms. The van der Waals surface area contributed by atoms with E-state index in [4.69, 9.17) is 4.74 Å². The number of unbranched alkanes of at least 4 members (excludes halogenated alkanes) is 1. The zero-order valence-electron chi connectivity index (χ0n) is 18.7. The van der Waals surface area contributed by atoms with Crippen LogP contribution in [0.1, 0.15) is 64.0 Å². The summed E-state index contributed by atoms with van der Waals surface area (Å²) in [6.45, 7) is 7.62. The van der Waals surface area contributed by atoms with Crippen LogP contribution in [0.5, 0.6) is 11.5 Å². The molecule has 2 heterocycles. The van der Waals surface area contributed by atoms with Crippen LogP contribution in [-0.2, 0) is 11.8 Å². The lowest BCUT2D eigenvalue weighted by molar-refractivity contribution is -0.204. The summed E-state index contributed by atoms with van der Waals surface area (Å²) in [4.78, 5) is 2.55. The molecule has 2 spiro atoms. The normalized spacial score (nSPS) is 44.5. The van der Waals surface area contributed by atoms with Crippen molar-refractivity contribution in [1.29, 1.82) is 0 Å². The summed E-state index contributed by atoms with van der Waals surface area (Å²) in [6.07, 6.45) is 10.9. The highest BCUT2D eigenvalue weighted by molar-refractivity contribution is 5.64. The van der Waals surface area contributed by atoms with Gasteiger partial charge in [0.1, 0.15) is 6.10 Å². The smallest absolute Gasteiger partial charge is 0.165 e. The predicted octanol–water partition coefficient (Wildman–Crippen LogP) is 4.17. The summed E-state index contributed by atoms with van der Waals surface area (Å²) in [5.41, 5.74) is 1.53. The van der Waals surface area contributed by atoms with Crippen molar-refractivity contribution in [2.45, 2.75) is 82.5 Å². The highest BCUT2D eigenvalue weighted by atomic mass is 16.5. The van der Waals surface area contributed by atoms with Crippen LogP contribution in [0.15, 0.2) is 24.3 Å². The molecule has 1 aromatic rings. The lowest BCUT2D eigenvalue weighted by Crippen LogP contribution is -2.77. The van der Waals surface area contributed by atoms with E-state index >= 15 is 0 Å². The van der Waals surface area contributed by atoms with E-state index in [1.54, 1.807) is 0 Å². The first-order chi connectivity index (χ1) is 14.2. The Morgan fingerprint density at radius 3 is 2.87 bits per heavy atom. The molecule has 4 bridgehead atoms. The maximum absolute atomic E-state index is 11.7. The number of likely N-dealkylation sites (N-methyl/N-ethyl adjacent to an activating group) is 1. The monoisotopic (exact) mass is 409 g/mol. The van der Waals surface area contributed by atoms with E-state index in [1.807, 2.05) is 6.07 Å². The van der Waals surface area contributed by atoms with E-state index in [2.05, 4.69) is 50.9 Å². The molecule has 7 atom stereocenters. The van der Waals surface area contributed by atoms with Crippen molar-refractivity contribution < 1.29 is 14.9 Å². The van der Waals surface area contributed by atoms with Crippen molar-refractivity contribution in [3.63, 3.8) is 0 Å². The van der Waals surface area contributed by atoms with Crippen molar-refractivity contribution in [1.82, 2.24) is 4.90 Å². The minimum Gasteiger partial charge on any atom is -0.504 e. The number of benzene rings is 1. The van der Waals surface area contributed by atoms with Gasteiger partial charge in [0.15, 0.2) is 11.5 Å². The lowest BCUT2D eigenvalue weighted by atomic mass is 9.34. The molecule has 1 saturated heterocycles. The van der Waals surface area contributed by atoms with Gasteiger partial charge in [-0.1, -0.05) is 44.9 Å². The van der Waals surface area contributed by atoms with Crippen LogP contribution in [-0.4, -0.2) is 46.5 Å². The number of hydrogen-bond donors (Lipinski definition) is 2. The van der Waals surface area contributed by atoms with Crippen molar-refractivity contribution in [3.8, 4) is 11.5 Å². The highest BCUT2D eigenvalue weighted by Crippen LogP contribution is 2.76. The number of fused-ring (bicyclic) bond motifs is 1. The summed E-state index contributed by atoms with van der Waals surface area (Å²) in [7, 11) is 2.27. The second-order valence-electron chi connectivity index (χ2n) is 11.3. The molecule has 7 rings (SSSR count). The van der Waals surface area contributed by atoms with Crippen molar-refractivity contribution in [2.75, 3.05) is 13.6 Å². The molecular weight excluding hydrogens is 374 g/mol. The van der Waals surface area contributed by atoms with E-state index in [-0.39, 0.29) is 34.0 Å². The number of hydrogen-bond acceptors (Lipinski definition) is 4. The first kappa shape index (κ1) is 19.2. The number of rotatable bonds is 4. The largest absolute Gasteiger partial charge is 0.504 e. The van der Waals surface area contributed by atoms with E-state index in [0.29, 0.717) is 6.04 Å². The summed E-state index contributed by atoms with van der Waals surface area (Å²) in [5.74, 6) is 1.16. The zero-order valence-corrected chi connectivity index (χ0v) is 18.7. The Bertz CT molecular complexity index is 954. The molecule has 0 aromatic heterocycles. The fourth-order valence-electron chi connectivity index (χ4n) is 8.63. The molecule has 6 aliphatic rings. The second-order valence-corrected chi connectivity index (χ2v) is 11.3. The average Bonchev–Trinajstić information content (AvgIpc) is 3.09. The fraction of sp³-hybridized carbons (Fsp3) is 0.692. The number of phenolic OH excluding ortho intramolecular Hbond substituents is 1. The minimum absolute atomic E-state index is 0.0274. The lowest BCUT2D eigenvalue weighted by Gasteiger charge is -2.72. The van der Waals surface area contributed by atoms with Crippen LogP contribution in [0.3, 0.4) is 0 Å². The van der Waals surface area contributed by atoms with Crippen LogP contribution in [0, 0.1) is 16.7 Å². The van der Waals surface area contributed by atoms with Gasteiger partial charge in [-0.2, -0.15) is 0 Å². The van der Waals surface area contributed by atoms with E-state index in [1.165, 1.54) is 11.1 Å². The minimum atomic E-state index is -0.725. The van der Waals surface area contributed by atoms with Crippen molar-refractivity contribution >= 4 is 0 Å². The molecule has 162 valence electrons. The van der Waals surface area contributed by atoms with Gasteiger partial charge in [-0.15, -0.1) is 0 Å². The van der Waals surface area contributed by atoms with Crippen LogP contribution in [0.2, 0.25) is 0 Å². The third-order valence-electron chi connectivity index (χ3n) is 9.97. The SMILES string of the molecule is CCCC[C@](C)(O)C1C[C@@]23C=C[C@]1(C)[C@@H]1Oc4c(O)ccc5c4[C@@]12CCN(C)[C@@H]3C5. The summed E-state index contributed by atoms with van der Waals surface area (Å²) >= 11 is 0. The molecule has 2 aliphatic heterocycles. The number of ether oxygens (including phenoxy) is 1. The van der Waals surface area contributed by atoms with Crippen LogP contribution >= 0.6 is 0 Å². The van der Waals surface area contributed by atoms with Gasteiger partial charge in [-0.25, -0.2) is 0 Å². The number of piperidine rings is 1. The summed E-state index contributed by atoms with van der Waals surface area (Å²) in [6, 6.07) is 4.36. The highest BCUT2D eigenvalue weighted by Gasteiger charge is 2.78. The van der Waals surface area contributed by atoms with Gasteiger partial charge in [0.2, 0.25) is 0 Å². The van der Waals surface area contributed by atoms with Gasteiger partial charge in [0.25, 0.3) is 0 Å². The molecule has 1 saturated carbocycles. The van der Waals surface area contributed by atoms with Gasteiger partial charge in [-0.3, -0.25) is 0 Å². The number of nitrogens with zero attached hydrogens (tertiary/aromatic N) is 1. The molecule has 0 amide bonds. The topological polar surface area (TPSA) is 52.9 Å². The molecule has 1 aromatic carbocycles. The van der Waals surface area contributed by atoms with Crippen LogP contribution in [0.4, 0.5) is 0 Å². The predicted molar refractivity (Wildman–Crippen MR) is 117 cm³/mol. The molecule has 4 nitrogen and oxygen atoms in total. The van der Waals surface area contributed by atoms with Crippen LogP contribution in [0.25, 0.3) is 0 Å².